The number of urea groups is 1. The van der Waals surface area contributed by atoms with Crippen LogP contribution >= 0.6 is 11.6 Å². The van der Waals surface area contributed by atoms with Crippen LogP contribution in [0.4, 0.5) is 10.5 Å². The number of hydrogen-bond acceptors (Lipinski definition) is 4. The second kappa shape index (κ2) is 8.73. The number of anilines is 1. The molecule has 0 aliphatic rings. The highest BCUT2D eigenvalue weighted by molar-refractivity contribution is 7.89. The second-order valence-electron chi connectivity index (χ2n) is 5.45. The predicted octanol–water partition coefficient (Wildman–Crippen LogP) is 3.09. The van der Waals surface area contributed by atoms with E-state index in [1.54, 1.807) is 48.5 Å². The van der Waals surface area contributed by atoms with E-state index in [9.17, 15) is 13.2 Å². The molecule has 2 rings (SSSR count). The minimum atomic E-state index is -3.12. The molecule has 0 radical (unpaired) electrons. The molecule has 0 aliphatic heterocycles. The normalized spacial score (nSPS) is 11.0. The molecule has 0 aliphatic carbocycles. The highest BCUT2D eigenvalue weighted by atomic mass is 35.5. The number of carbonyl (C=O) groups excluding carboxylic acids is 1. The van der Waals surface area contributed by atoms with Crippen LogP contribution in [0.3, 0.4) is 0 Å². The fraction of sp³-hybridized carbons (Fsp3) is 0.235. The summed E-state index contributed by atoms with van der Waals surface area (Å²) in [5, 5.41) is 5.95. The Hall–Kier alpha value is -2.25. The summed E-state index contributed by atoms with van der Waals surface area (Å²) in [7, 11) is -3.12. The molecule has 8 heteroatoms. The lowest BCUT2D eigenvalue weighted by molar-refractivity contribution is 0.247. The van der Waals surface area contributed by atoms with E-state index in [0.29, 0.717) is 35.2 Å². The number of halogens is 1. The van der Waals surface area contributed by atoms with Crippen LogP contribution in [0, 0.1) is 0 Å². The molecule has 25 heavy (non-hydrogen) atoms. The maximum absolute atomic E-state index is 11.9. The van der Waals surface area contributed by atoms with E-state index >= 15 is 0 Å². The smallest absolute Gasteiger partial charge is 0.319 e. The molecular formula is C17H19ClN2O4S. The van der Waals surface area contributed by atoms with E-state index in [1.165, 1.54) is 6.26 Å². The van der Waals surface area contributed by atoms with Gasteiger partial charge in [0.05, 0.1) is 12.3 Å². The second-order valence-corrected chi connectivity index (χ2v) is 8.03. The quantitative estimate of drug-likeness (QED) is 0.720. The summed E-state index contributed by atoms with van der Waals surface area (Å²) in [4.78, 5) is 11.9. The van der Waals surface area contributed by atoms with Gasteiger partial charge in [-0.2, -0.15) is 0 Å². The Morgan fingerprint density at radius 1 is 1.16 bits per heavy atom. The zero-order valence-corrected chi connectivity index (χ0v) is 15.2. The minimum Gasteiger partial charge on any atom is -0.492 e. The van der Waals surface area contributed by atoms with Gasteiger partial charge < -0.3 is 15.4 Å². The summed E-state index contributed by atoms with van der Waals surface area (Å²) in [6.07, 6.45) is 1.17. The van der Waals surface area contributed by atoms with Crippen LogP contribution in [0.2, 0.25) is 5.02 Å². The number of amides is 2. The third-order valence-electron chi connectivity index (χ3n) is 3.08. The zero-order chi connectivity index (χ0) is 18.3. The Bertz CT molecular complexity index is 823. The van der Waals surface area contributed by atoms with Gasteiger partial charge in [-0.1, -0.05) is 23.7 Å². The summed E-state index contributed by atoms with van der Waals surface area (Å²) >= 11 is 5.78. The van der Waals surface area contributed by atoms with Crippen molar-refractivity contribution >= 4 is 33.2 Å². The van der Waals surface area contributed by atoms with Gasteiger partial charge >= 0.3 is 6.03 Å². The van der Waals surface area contributed by atoms with Gasteiger partial charge in [-0.05, 0) is 42.0 Å². The van der Waals surface area contributed by atoms with Gasteiger partial charge in [0.15, 0.2) is 9.84 Å². The number of nitrogens with one attached hydrogen (secondary N) is 2. The third-order valence-corrected chi connectivity index (χ3v) is 4.19. The largest absolute Gasteiger partial charge is 0.492 e. The molecule has 2 N–H and O–H groups in total. The molecule has 134 valence electrons. The number of sulfone groups is 1. The van der Waals surface area contributed by atoms with Gasteiger partial charge in [-0.25, -0.2) is 13.2 Å². The molecular weight excluding hydrogens is 364 g/mol. The predicted molar refractivity (Wildman–Crippen MR) is 99.0 cm³/mol. The molecule has 0 fully saturated rings. The molecule has 0 spiro atoms. The number of carbonyl (C=O) groups is 1. The van der Waals surface area contributed by atoms with E-state index in [4.69, 9.17) is 16.3 Å². The van der Waals surface area contributed by atoms with Gasteiger partial charge in [0.2, 0.25) is 0 Å². The van der Waals surface area contributed by atoms with Crippen molar-refractivity contribution in [2.45, 2.75) is 5.75 Å². The van der Waals surface area contributed by atoms with Crippen molar-refractivity contribution in [2.75, 3.05) is 24.7 Å². The lowest BCUT2D eigenvalue weighted by atomic mass is 10.2. The summed E-state index contributed by atoms with van der Waals surface area (Å²) in [5.74, 6) is 0.596. The van der Waals surface area contributed by atoms with Gasteiger partial charge in [-0.15, -0.1) is 0 Å². The fourth-order valence-electron chi connectivity index (χ4n) is 2.08. The summed E-state index contributed by atoms with van der Waals surface area (Å²) in [5.41, 5.74) is 1.14. The highest BCUT2D eigenvalue weighted by Crippen LogP contribution is 2.15. The van der Waals surface area contributed by atoms with Crippen LogP contribution in [-0.4, -0.2) is 33.9 Å². The van der Waals surface area contributed by atoms with Gasteiger partial charge in [0.1, 0.15) is 12.4 Å². The van der Waals surface area contributed by atoms with Crippen LogP contribution in [0.5, 0.6) is 5.75 Å². The molecule has 0 saturated heterocycles. The molecule has 0 saturated carbocycles. The molecule has 0 aromatic heterocycles. The highest BCUT2D eigenvalue weighted by Gasteiger charge is 2.06. The molecule has 0 unspecified atom stereocenters. The Morgan fingerprint density at radius 2 is 1.88 bits per heavy atom. The number of hydrogen-bond donors (Lipinski definition) is 2. The topological polar surface area (TPSA) is 84.5 Å². The van der Waals surface area contributed by atoms with E-state index in [2.05, 4.69) is 10.6 Å². The zero-order valence-electron chi connectivity index (χ0n) is 13.7. The first-order valence-corrected chi connectivity index (χ1v) is 9.95. The molecule has 2 aromatic rings. The molecule has 0 heterocycles. The fourth-order valence-corrected chi connectivity index (χ4v) is 2.99. The number of ether oxygens (including phenoxy) is 1. The summed E-state index contributed by atoms with van der Waals surface area (Å²) in [6, 6.07) is 13.3. The van der Waals surface area contributed by atoms with Crippen LogP contribution in [0.25, 0.3) is 0 Å². The van der Waals surface area contributed by atoms with Crippen LogP contribution in [0.1, 0.15) is 5.56 Å². The van der Waals surface area contributed by atoms with Crippen molar-refractivity contribution in [3.8, 4) is 5.75 Å². The van der Waals surface area contributed by atoms with Crippen molar-refractivity contribution in [3.05, 3.63) is 59.1 Å². The number of rotatable bonds is 7. The molecule has 2 amide bonds. The van der Waals surface area contributed by atoms with E-state index in [-0.39, 0.29) is 5.75 Å². The maximum atomic E-state index is 11.9. The summed E-state index contributed by atoms with van der Waals surface area (Å²) in [6.45, 7) is 0.626. The van der Waals surface area contributed by atoms with E-state index in [0.717, 1.165) is 0 Å². The van der Waals surface area contributed by atoms with Crippen LogP contribution in [0.15, 0.2) is 48.5 Å². The molecule has 0 atom stereocenters. The van der Waals surface area contributed by atoms with Crippen LogP contribution in [-0.2, 0) is 15.6 Å². The van der Waals surface area contributed by atoms with Gasteiger partial charge in [-0.3, -0.25) is 0 Å². The van der Waals surface area contributed by atoms with Crippen molar-refractivity contribution < 1.29 is 17.9 Å². The first-order chi connectivity index (χ1) is 11.8. The average Bonchev–Trinajstić information content (AvgIpc) is 2.52. The van der Waals surface area contributed by atoms with Crippen LogP contribution < -0.4 is 15.4 Å². The first-order valence-electron chi connectivity index (χ1n) is 7.52. The van der Waals surface area contributed by atoms with E-state index < -0.39 is 15.9 Å². The monoisotopic (exact) mass is 382 g/mol. The maximum Gasteiger partial charge on any atom is 0.319 e. The lowest BCUT2D eigenvalue weighted by Gasteiger charge is -2.10. The lowest BCUT2D eigenvalue weighted by Crippen LogP contribution is -2.32. The first kappa shape index (κ1) is 19.1. The van der Waals surface area contributed by atoms with Crippen molar-refractivity contribution in [3.63, 3.8) is 0 Å². The molecule has 0 bridgehead atoms. The van der Waals surface area contributed by atoms with Gasteiger partial charge in [0.25, 0.3) is 0 Å². The molecule has 2 aromatic carbocycles. The van der Waals surface area contributed by atoms with E-state index in [1.807, 2.05) is 0 Å². The Kier molecular flexibility index (Phi) is 6.66. The summed E-state index contributed by atoms with van der Waals surface area (Å²) < 4.78 is 28.1. The Balaban J connectivity index is 1.76. The SMILES string of the molecule is CS(=O)(=O)Cc1cccc(NC(=O)NCCOc2ccc(Cl)cc2)c1. The van der Waals surface area contributed by atoms with Crippen molar-refractivity contribution in [2.24, 2.45) is 0 Å². The van der Waals surface area contributed by atoms with Gasteiger partial charge in [0, 0.05) is 17.0 Å². The van der Waals surface area contributed by atoms with Crippen molar-refractivity contribution in [1.82, 2.24) is 5.32 Å². The number of benzene rings is 2. The minimum absolute atomic E-state index is 0.0704. The standard InChI is InChI=1S/C17H19ClN2O4S/c1-25(22,23)12-13-3-2-4-15(11-13)20-17(21)19-9-10-24-16-7-5-14(18)6-8-16/h2-8,11H,9-10,12H2,1H3,(H2,19,20,21). The third kappa shape index (κ3) is 7.45. The molecule has 6 nitrogen and oxygen atoms in total. The Morgan fingerprint density at radius 3 is 2.56 bits per heavy atom. The average molecular weight is 383 g/mol. The van der Waals surface area contributed by atoms with Crippen molar-refractivity contribution in [1.29, 1.82) is 0 Å². The Labute approximate surface area is 152 Å².